The monoisotopic (exact) mass is 244 g/mol. The molecule has 102 valence electrons. The third kappa shape index (κ3) is 8.16. The number of unbranched alkanes of at least 4 members (excludes halogenated alkanes) is 1. The van der Waals surface area contributed by atoms with Crippen molar-refractivity contribution in [3.63, 3.8) is 0 Å². The van der Waals surface area contributed by atoms with Gasteiger partial charge in [-0.2, -0.15) is 0 Å². The van der Waals surface area contributed by atoms with E-state index in [1.165, 1.54) is 6.42 Å². The van der Waals surface area contributed by atoms with Crippen LogP contribution in [0.25, 0.3) is 0 Å². The van der Waals surface area contributed by atoms with Gasteiger partial charge in [-0.1, -0.05) is 13.8 Å². The van der Waals surface area contributed by atoms with Crippen LogP contribution in [0.4, 0.5) is 0 Å². The van der Waals surface area contributed by atoms with Gasteiger partial charge in [-0.3, -0.25) is 4.79 Å². The van der Waals surface area contributed by atoms with Crippen LogP contribution >= 0.6 is 0 Å². The molecule has 0 rings (SSSR count). The normalized spacial score (nSPS) is 15.2. The van der Waals surface area contributed by atoms with E-state index < -0.39 is 11.5 Å². The number of rotatable bonds is 9. The highest BCUT2D eigenvalue weighted by atomic mass is 16.4. The lowest BCUT2D eigenvalue weighted by molar-refractivity contribution is -0.142. The minimum atomic E-state index is -1.07. The summed E-state index contributed by atoms with van der Waals surface area (Å²) in [6.07, 6.45) is 3.63. The Morgan fingerprint density at radius 3 is 2.41 bits per heavy atom. The minimum Gasteiger partial charge on any atom is -0.480 e. The fourth-order valence-corrected chi connectivity index (χ4v) is 1.57. The zero-order valence-corrected chi connectivity index (χ0v) is 11.7. The van der Waals surface area contributed by atoms with Crippen LogP contribution in [-0.2, 0) is 4.79 Å². The van der Waals surface area contributed by atoms with Crippen molar-refractivity contribution in [2.24, 2.45) is 11.7 Å². The third-order valence-corrected chi connectivity index (χ3v) is 3.06. The van der Waals surface area contributed by atoms with Crippen LogP contribution in [0, 0.1) is 5.92 Å². The summed E-state index contributed by atoms with van der Waals surface area (Å²) in [6, 6.07) is 0. The number of nitrogens with two attached hydrogens (primary N) is 1. The number of nitrogens with zero attached hydrogens (tertiary/aromatic N) is 1. The van der Waals surface area contributed by atoms with Gasteiger partial charge in [-0.25, -0.2) is 0 Å². The molecule has 0 fully saturated rings. The lowest BCUT2D eigenvalue weighted by atomic mass is 9.96. The predicted molar refractivity (Wildman–Crippen MR) is 71.0 cm³/mol. The standard InChI is InChI=1S/C13H28N2O2/c1-11(2)7-10-15(4)9-6-5-8-13(3,14)12(16)17/h11H,5-10,14H2,1-4H3,(H,16,17). The zero-order chi connectivity index (χ0) is 13.5. The van der Waals surface area contributed by atoms with Gasteiger partial charge in [-0.05, 0) is 58.7 Å². The van der Waals surface area contributed by atoms with E-state index in [2.05, 4.69) is 25.8 Å². The van der Waals surface area contributed by atoms with Crippen molar-refractivity contribution in [2.45, 2.75) is 52.0 Å². The molecule has 4 nitrogen and oxygen atoms in total. The molecule has 17 heavy (non-hydrogen) atoms. The molecule has 0 aromatic carbocycles. The van der Waals surface area contributed by atoms with Gasteiger partial charge in [0.25, 0.3) is 0 Å². The summed E-state index contributed by atoms with van der Waals surface area (Å²) in [5, 5.41) is 8.86. The summed E-state index contributed by atoms with van der Waals surface area (Å²) in [5.74, 6) is -0.178. The van der Waals surface area contributed by atoms with Crippen LogP contribution in [0.2, 0.25) is 0 Å². The van der Waals surface area contributed by atoms with E-state index in [0.29, 0.717) is 6.42 Å². The first-order valence-electron chi connectivity index (χ1n) is 6.46. The molecular formula is C13H28N2O2. The Labute approximate surface area is 105 Å². The average molecular weight is 244 g/mol. The largest absolute Gasteiger partial charge is 0.480 e. The van der Waals surface area contributed by atoms with Crippen LogP contribution in [0.3, 0.4) is 0 Å². The Kier molecular flexibility index (Phi) is 7.39. The first-order valence-corrected chi connectivity index (χ1v) is 6.46. The molecule has 1 unspecified atom stereocenters. The smallest absolute Gasteiger partial charge is 0.323 e. The first kappa shape index (κ1) is 16.4. The maximum Gasteiger partial charge on any atom is 0.323 e. The van der Waals surface area contributed by atoms with Crippen LogP contribution in [0.1, 0.15) is 46.5 Å². The molecule has 1 atom stereocenters. The Balaban J connectivity index is 3.61. The fraction of sp³-hybridized carbons (Fsp3) is 0.923. The van der Waals surface area contributed by atoms with Gasteiger partial charge >= 0.3 is 5.97 Å². The van der Waals surface area contributed by atoms with E-state index in [1.54, 1.807) is 6.92 Å². The van der Waals surface area contributed by atoms with Crippen molar-refractivity contribution in [1.29, 1.82) is 0 Å². The number of carboxylic acid groups (broad SMARTS) is 1. The van der Waals surface area contributed by atoms with E-state index in [0.717, 1.165) is 31.8 Å². The summed E-state index contributed by atoms with van der Waals surface area (Å²) in [7, 11) is 2.11. The molecule has 0 bridgehead atoms. The Morgan fingerprint density at radius 1 is 1.35 bits per heavy atom. The predicted octanol–water partition coefficient (Wildman–Crippen LogP) is 1.94. The SMILES string of the molecule is CC(C)CCN(C)CCCCC(C)(N)C(=O)O. The maximum absolute atomic E-state index is 10.8. The molecule has 0 spiro atoms. The van der Waals surface area contributed by atoms with Crippen molar-refractivity contribution in [3.05, 3.63) is 0 Å². The van der Waals surface area contributed by atoms with Crippen molar-refractivity contribution < 1.29 is 9.90 Å². The highest BCUT2D eigenvalue weighted by Crippen LogP contribution is 2.11. The van der Waals surface area contributed by atoms with Gasteiger partial charge in [0.1, 0.15) is 5.54 Å². The van der Waals surface area contributed by atoms with Gasteiger partial charge in [0.2, 0.25) is 0 Å². The Hall–Kier alpha value is -0.610. The van der Waals surface area contributed by atoms with E-state index in [9.17, 15) is 4.79 Å². The van der Waals surface area contributed by atoms with Crippen LogP contribution in [-0.4, -0.2) is 41.7 Å². The third-order valence-electron chi connectivity index (χ3n) is 3.06. The highest BCUT2D eigenvalue weighted by Gasteiger charge is 2.26. The molecule has 0 saturated heterocycles. The first-order chi connectivity index (χ1) is 7.75. The van der Waals surface area contributed by atoms with E-state index in [-0.39, 0.29) is 0 Å². The molecular weight excluding hydrogens is 216 g/mol. The average Bonchev–Trinajstić information content (AvgIpc) is 2.21. The van der Waals surface area contributed by atoms with E-state index >= 15 is 0 Å². The molecule has 3 N–H and O–H groups in total. The molecule has 0 saturated carbocycles. The topological polar surface area (TPSA) is 66.6 Å². The number of aliphatic carboxylic acids is 1. The summed E-state index contributed by atoms with van der Waals surface area (Å²) >= 11 is 0. The summed E-state index contributed by atoms with van der Waals surface area (Å²) in [4.78, 5) is 13.1. The molecule has 0 aliphatic rings. The number of hydrogen-bond acceptors (Lipinski definition) is 3. The molecule has 0 heterocycles. The molecule has 4 heteroatoms. The Bertz CT molecular complexity index is 227. The van der Waals surface area contributed by atoms with Crippen molar-refractivity contribution in [2.75, 3.05) is 20.1 Å². The molecule has 0 radical (unpaired) electrons. The zero-order valence-electron chi connectivity index (χ0n) is 11.7. The maximum atomic E-state index is 10.8. The molecule has 0 aliphatic carbocycles. The van der Waals surface area contributed by atoms with Gasteiger partial charge in [0, 0.05) is 0 Å². The Morgan fingerprint density at radius 2 is 1.94 bits per heavy atom. The number of hydrogen-bond donors (Lipinski definition) is 2. The van der Waals surface area contributed by atoms with E-state index in [1.807, 2.05) is 0 Å². The number of carbonyl (C=O) groups is 1. The summed E-state index contributed by atoms with van der Waals surface area (Å²) in [6.45, 7) is 8.15. The fourth-order valence-electron chi connectivity index (χ4n) is 1.57. The van der Waals surface area contributed by atoms with Crippen molar-refractivity contribution in [3.8, 4) is 0 Å². The van der Waals surface area contributed by atoms with Crippen LogP contribution < -0.4 is 5.73 Å². The van der Waals surface area contributed by atoms with Gasteiger partial charge in [0.05, 0.1) is 0 Å². The molecule has 0 aromatic heterocycles. The van der Waals surface area contributed by atoms with Crippen LogP contribution in [0.15, 0.2) is 0 Å². The lowest BCUT2D eigenvalue weighted by Crippen LogP contribution is -2.44. The molecule has 0 aliphatic heterocycles. The van der Waals surface area contributed by atoms with Gasteiger partial charge in [0.15, 0.2) is 0 Å². The van der Waals surface area contributed by atoms with E-state index in [4.69, 9.17) is 10.8 Å². The molecule has 0 amide bonds. The lowest BCUT2D eigenvalue weighted by Gasteiger charge is -2.21. The van der Waals surface area contributed by atoms with Gasteiger partial charge in [-0.15, -0.1) is 0 Å². The second-order valence-corrected chi connectivity index (χ2v) is 5.67. The van der Waals surface area contributed by atoms with Crippen molar-refractivity contribution >= 4 is 5.97 Å². The van der Waals surface area contributed by atoms with Crippen molar-refractivity contribution in [1.82, 2.24) is 4.90 Å². The highest BCUT2D eigenvalue weighted by molar-refractivity contribution is 5.77. The molecule has 0 aromatic rings. The second-order valence-electron chi connectivity index (χ2n) is 5.67. The minimum absolute atomic E-state index is 0.542. The quantitative estimate of drug-likeness (QED) is 0.608. The second kappa shape index (κ2) is 7.67. The number of carboxylic acids is 1. The summed E-state index contributed by atoms with van der Waals surface area (Å²) < 4.78 is 0. The van der Waals surface area contributed by atoms with Gasteiger partial charge < -0.3 is 15.7 Å². The van der Waals surface area contributed by atoms with Crippen LogP contribution in [0.5, 0.6) is 0 Å². The summed E-state index contributed by atoms with van der Waals surface area (Å²) in [5.41, 5.74) is 4.59.